The van der Waals surface area contributed by atoms with Gasteiger partial charge in [0.2, 0.25) is 5.91 Å². The van der Waals surface area contributed by atoms with Gasteiger partial charge in [-0.05, 0) is 19.8 Å². The summed E-state index contributed by atoms with van der Waals surface area (Å²) < 4.78 is 0. The Morgan fingerprint density at radius 2 is 2.16 bits per heavy atom. The number of aromatic nitrogens is 2. The molecule has 1 heterocycles. The Bertz CT molecular complexity index is 488. The fourth-order valence-corrected chi connectivity index (χ4v) is 2.02. The molecule has 1 aromatic heterocycles. The van der Waals surface area contributed by atoms with E-state index in [0.29, 0.717) is 17.0 Å². The Hall–Kier alpha value is -1.36. The van der Waals surface area contributed by atoms with Crippen LogP contribution in [-0.2, 0) is 11.2 Å². The molecule has 0 saturated heterocycles. The van der Waals surface area contributed by atoms with Crippen molar-refractivity contribution in [3.05, 3.63) is 16.5 Å². The van der Waals surface area contributed by atoms with E-state index in [9.17, 15) is 4.79 Å². The molecule has 1 amide bonds. The molecule has 0 bridgehead atoms. The van der Waals surface area contributed by atoms with E-state index in [-0.39, 0.29) is 12.5 Å². The standard InChI is InChI=1S/C13H19ClN4O/c1-4-10-16-12(14)8(2)13(17-10)18(3)7-11(19)15-9-5-6-9/h9H,4-7H2,1-3H3,(H,15,19). The van der Waals surface area contributed by atoms with Crippen LogP contribution in [0, 0.1) is 6.92 Å². The van der Waals surface area contributed by atoms with E-state index in [1.54, 1.807) is 0 Å². The minimum atomic E-state index is 0.0252. The number of hydrogen-bond donors (Lipinski definition) is 1. The number of carbonyl (C=O) groups is 1. The number of anilines is 1. The van der Waals surface area contributed by atoms with Crippen LogP contribution in [-0.4, -0.2) is 35.5 Å². The van der Waals surface area contributed by atoms with Crippen molar-refractivity contribution in [3.8, 4) is 0 Å². The molecule has 2 rings (SSSR count). The summed E-state index contributed by atoms with van der Waals surface area (Å²) in [7, 11) is 1.84. The molecule has 1 saturated carbocycles. The molecule has 0 spiro atoms. The van der Waals surface area contributed by atoms with Gasteiger partial charge in [0, 0.05) is 25.1 Å². The first-order valence-electron chi connectivity index (χ1n) is 6.54. The third-order valence-electron chi connectivity index (χ3n) is 3.11. The largest absolute Gasteiger partial charge is 0.352 e. The third kappa shape index (κ3) is 3.56. The van der Waals surface area contributed by atoms with Crippen molar-refractivity contribution in [2.24, 2.45) is 0 Å². The van der Waals surface area contributed by atoms with Gasteiger partial charge in [0.05, 0.1) is 6.54 Å². The fourth-order valence-electron chi connectivity index (χ4n) is 1.84. The zero-order valence-electron chi connectivity index (χ0n) is 11.5. The Morgan fingerprint density at radius 3 is 2.74 bits per heavy atom. The number of likely N-dealkylation sites (N-methyl/N-ethyl adjacent to an activating group) is 1. The first-order valence-corrected chi connectivity index (χ1v) is 6.92. The predicted octanol–water partition coefficient (Wildman–Crippen LogP) is 1.72. The Kier molecular flexibility index (Phi) is 4.24. The lowest BCUT2D eigenvalue weighted by Gasteiger charge is -2.20. The maximum absolute atomic E-state index is 11.8. The van der Waals surface area contributed by atoms with Gasteiger partial charge >= 0.3 is 0 Å². The van der Waals surface area contributed by atoms with Gasteiger partial charge < -0.3 is 10.2 Å². The lowest BCUT2D eigenvalue weighted by atomic mass is 10.3. The molecule has 0 aliphatic heterocycles. The van der Waals surface area contributed by atoms with Crippen molar-refractivity contribution in [1.29, 1.82) is 0 Å². The van der Waals surface area contributed by atoms with Crippen molar-refractivity contribution < 1.29 is 4.79 Å². The van der Waals surface area contributed by atoms with Gasteiger partial charge in [-0.2, -0.15) is 0 Å². The van der Waals surface area contributed by atoms with Crippen LogP contribution in [0.15, 0.2) is 0 Å². The minimum absolute atomic E-state index is 0.0252. The van der Waals surface area contributed by atoms with E-state index in [1.807, 2.05) is 25.8 Å². The zero-order chi connectivity index (χ0) is 14.0. The Labute approximate surface area is 118 Å². The van der Waals surface area contributed by atoms with Crippen molar-refractivity contribution in [1.82, 2.24) is 15.3 Å². The fraction of sp³-hybridized carbons (Fsp3) is 0.615. The molecule has 6 heteroatoms. The Balaban J connectivity index is 2.10. The average molecular weight is 283 g/mol. The first-order chi connectivity index (χ1) is 9.01. The van der Waals surface area contributed by atoms with Crippen molar-refractivity contribution >= 4 is 23.3 Å². The quantitative estimate of drug-likeness (QED) is 0.836. The number of halogens is 1. The summed E-state index contributed by atoms with van der Waals surface area (Å²) in [5.41, 5.74) is 0.806. The van der Waals surface area contributed by atoms with E-state index in [1.165, 1.54) is 0 Å². The minimum Gasteiger partial charge on any atom is -0.352 e. The van der Waals surface area contributed by atoms with Crippen molar-refractivity contribution in [2.75, 3.05) is 18.5 Å². The lowest BCUT2D eigenvalue weighted by molar-refractivity contribution is -0.119. The van der Waals surface area contributed by atoms with Crippen LogP contribution >= 0.6 is 11.6 Å². The maximum Gasteiger partial charge on any atom is 0.239 e. The van der Waals surface area contributed by atoms with Gasteiger partial charge in [-0.3, -0.25) is 4.79 Å². The van der Waals surface area contributed by atoms with Crippen LogP contribution in [0.25, 0.3) is 0 Å². The van der Waals surface area contributed by atoms with E-state index >= 15 is 0 Å². The monoisotopic (exact) mass is 282 g/mol. The molecular weight excluding hydrogens is 264 g/mol. The predicted molar refractivity (Wildman–Crippen MR) is 75.6 cm³/mol. The molecule has 5 nitrogen and oxygen atoms in total. The second kappa shape index (κ2) is 5.74. The lowest BCUT2D eigenvalue weighted by Crippen LogP contribution is -2.37. The molecule has 1 aromatic rings. The van der Waals surface area contributed by atoms with E-state index in [4.69, 9.17) is 11.6 Å². The highest BCUT2D eigenvalue weighted by atomic mass is 35.5. The summed E-state index contributed by atoms with van der Waals surface area (Å²) in [6.45, 7) is 4.13. The van der Waals surface area contributed by atoms with E-state index in [0.717, 1.165) is 30.6 Å². The molecule has 1 N–H and O–H groups in total. The number of amides is 1. The summed E-state index contributed by atoms with van der Waals surface area (Å²) in [6.07, 6.45) is 2.90. The SMILES string of the molecule is CCc1nc(Cl)c(C)c(N(C)CC(=O)NC2CC2)n1. The summed E-state index contributed by atoms with van der Waals surface area (Å²) in [6, 6.07) is 0.377. The number of rotatable bonds is 5. The molecule has 1 aliphatic carbocycles. The highest BCUT2D eigenvalue weighted by Crippen LogP contribution is 2.23. The van der Waals surface area contributed by atoms with Gasteiger partial charge in [-0.15, -0.1) is 0 Å². The van der Waals surface area contributed by atoms with Gasteiger partial charge in [0.15, 0.2) is 0 Å². The number of nitrogens with one attached hydrogen (secondary N) is 1. The van der Waals surface area contributed by atoms with Crippen molar-refractivity contribution in [2.45, 2.75) is 39.2 Å². The molecule has 0 unspecified atom stereocenters. The van der Waals surface area contributed by atoms with Crippen LogP contribution in [0.5, 0.6) is 0 Å². The van der Waals surface area contributed by atoms with Crippen LogP contribution in [0.4, 0.5) is 5.82 Å². The second-order valence-corrected chi connectivity index (χ2v) is 5.29. The summed E-state index contributed by atoms with van der Waals surface area (Å²) in [4.78, 5) is 22.3. The molecule has 0 aromatic carbocycles. The smallest absolute Gasteiger partial charge is 0.239 e. The molecule has 0 atom stereocenters. The summed E-state index contributed by atoms with van der Waals surface area (Å²) in [5.74, 6) is 1.44. The molecular formula is C13H19ClN4O. The van der Waals surface area contributed by atoms with Crippen LogP contribution in [0.2, 0.25) is 5.15 Å². The normalized spacial score (nSPS) is 14.3. The van der Waals surface area contributed by atoms with Crippen LogP contribution in [0.1, 0.15) is 31.2 Å². The van der Waals surface area contributed by atoms with Crippen molar-refractivity contribution in [3.63, 3.8) is 0 Å². The number of carbonyl (C=O) groups excluding carboxylic acids is 1. The zero-order valence-corrected chi connectivity index (χ0v) is 12.3. The topological polar surface area (TPSA) is 58.1 Å². The number of hydrogen-bond acceptors (Lipinski definition) is 4. The first kappa shape index (κ1) is 14.1. The van der Waals surface area contributed by atoms with Crippen LogP contribution < -0.4 is 10.2 Å². The maximum atomic E-state index is 11.8. The molecule has 104 valence electrons. The van der Waals surface area contributed by atoms with E-state index in [2.05, 4.69) is 15.3 Å². The second-order valence-electron chi connectivity index (χ2n) is 4.93. The van der Waals surface area contributed by atoms with Gasteiger partial charge in [0.1, 0.15) is 16.8 Å². The van der Waals surface area contributed by atoms with Gasteiger partial charge in [-0.25, -0.2) is 9.97 Å². The van der Waals surface area contributed by atoms with Crippen LogP contribution in [0.3, 0.4) is 0 Å². The molecule has 19 heavy (non-hydrogen) atoms. The van der Waals surface area contributed by atoms with Gasteiger partial charge in [0.25, 0.3) is 0 Å². The molecule has 1 aliphatic rings. The highest BCUT2D eigenvalue weighted by Gasteiger charge is 2.24. The summed E-state index contributed by atoms with van der Waals surface area (Å²) in [5, 5.41) is 3.42. The molecule has 0 radical (unpaired) electrons. The molecule has 1 fully saturated rings. The highest BCUT2D eigenvalue weighted by molar-refractivity contribution is 6.30. The third-order valence-corrected chi connectivity index (χ3v) is 3.48. The number of nitrogens with zero attached hydrogens (tertiary/aromatic N) is 3. The number of aryl methyl sites for hydroxylation is 1. The average Bonchev–Trinajstić information content (AvgIpc) is 3.15. The Morgan fingerprint density at radius 1 is 1.47 bits per heavy atom. The van der Waals surface area contributed by atoms with E-state index < -0.39 is 0 Å². The van der Waals surface area contributed by atoms with Gasteiger partial charge in [-0.1, -0.05) is 18.5 Å². The summed E-state index contributed by atoms with van der Waals surface area (Å²) >= 11 is 6.09.